The lowest BCUT2D eigenvalue weighted by atomic mass is 10.1. The van der Waals surface area contributed by atoms with Gasteiger partial charge >= 0.3 is 11.6 Å². The zero-order valence-corrected chi connectivity index (χ0v) is 11.5. The van der Waals surface area contributed by atoms with Crippen LogP contribution in [0.4, 0.5) is 0 Å². The van der Waals surface area contributed by atoms with Gasteiger partial charge in [0.15, 0.2) is 0 Å². The minimum absolute atomic E-state index is 0.0651. The molecule has 1 heterocycles. The molecule has 5 N–H and O–H groups in total. The van der Waals surface area contributed by atoms with E-state index in [0.29, 0.717) is 5.56 Å². The van der Waals surface area contributed by atoms with Crippen molar-refractivity contribution in [1.82, 2.24) is 10.5 Å². The molecule has 0 bridgehead atoms. The van der Waals surface area contributed by atoms with Crippen molar-refractivity contribution in [1.29, 1.82) is 0 Å². The normalized spacial score (nSPS) is 11.9. The fraction of sp³-hybridized carbons (Fsp3) is 0.214. The van der Waals surface area contributed by atoms with Gasteiger partial charge in [0.25, 0.3) is 0 Å². The summed E-state index contributed by atoms with van der Waals surface area (Å²) in [6, 6.07) is 5.24. The first-order valence-electron chi connectivity index (χ1n) is 6.48. The molecule has 2 aromatic rings. The molecular formula is C14H15N3O5. The number of carbonyl (C=O) groups is 2. The third-order valence-corrected chi connectivity index (χ3v) is 3.09. The summed E-state index contributed by atoms with van der Waals surface area (Å²) in [6.07, 6.45) is 1.43. The smallest absolute Gasteiger partial charge is 0.360 e. The molecule has 22 heavy (non-hydrogen) atoms. The van der Waals surface area contributed by atoms with Crippen LogP contribution in [0.15, 0.2) is 39.8 Å². The average Bonchev–Trinajstić information content (AvgIpc) is 2.90. The number of carboxylic acid groups (broad SMARTS) is 1. The number of hydrogen-bond acceptors (Lipinski definition) is 5. The largest absolute Gasteiger partial charge is 0.478 e. The van der Waals surface area contributed by atoms with Gasteiger partial charge in [-0.2, -0.15) is 0 Å². The summed E-state index contributed by atoms with van der Waals surface area (Å²) in [7, 11) is 0. The minimum atomic E-state index is -1.01. The number of aromatic amines is 1. The van der Waals surface area contributed by atoms with Gasteiger partial charge in [-0.1, -0.05) is 12.1 Å². The van der Waals surface area contributed by atoms with Crippen molar-refractivity contribution in [3.63, 3.8) is 0 Å². The Kier molecular flexibility index (Phi) is 4.74. The third kappa shape index (κ3) is 3.83. The number of benzene rings is 1. The van der Waals surface area contributed by atoms with Crippen LogP contribution in [0.3, 0.4) is 0 Å². The molecular weight excluding hydrogens is 290 g/mol. The Hall–Kier alpha value is -2.87. The van der Waals surface area contributed by atoms with Gasteiger partial charge in [-0.05, 0) is 17.7 Å². The molecule has 0 aliphatic rings. The highest BCUT2D eigenvalue weighted by atomic mass is 16.5. The number of H-pyrrole nitrogens is 1. The Balaban J connectivity index is 1.88. The highest BCUT2D eigenvalue weighted by Crippen LogP contribution is 2.04. The molecule has 1 aromatic carbocycles. The van der Waals surface area contributed by atoms with Crippen LogP contribution >= 0.6 is 0 Å². The Morgan fingerprint density at radius 2 is 2.00 bits per heavy atom. The van der Waals surface area contributed by atoms with E-state index in [4.69, 9.17) is 10.8 Å². The summed E-state index contributed by atoms with van der Waals surface area (Å²) in [6.45, 7) is 0.216. The summed E-state index contributed by atoms with van der Waals surface area (Å²) in [4.78, 5) is 33.8. The number of aromatic nitrogens is 1. The Bertz CT molecular complexity index is 717. The van der Waals surface area contributed by atoms with E-state index in [9.17, 15) is 14.4 Å². The van der Waals surface area contributed by atoms with Gasteiger partial charge in [-0.3, -0.25) is 4.79 Å². The fourth-order valence-electron chi connectivity index (χ4n) is 1.84. The molecule has 0 fully saturated rings. The summed E-state index contributed by atoms with van der Waals surface area (Å²) in [5.74, 6) is -1.43. The van der Waals surface area contributed by atoms with Crippen molar-refractivity contribution in [3.8, 4) is 0 Å². The lowest BCUT2D eigenvalue weighted by Gasteiger charge is -2.11. The van der Waals surface area contributed by atoms with Crippen molar-refractivity contribution in [3.05, 3.63) is 57.6 Å². The van der Waals surface area contributed by atoms with Crippen LogP contribution < -0.4 is 16.7 Å². The van der Waals surface area contributed by atoms with E-state index >= 15 is 0 Å². The molecule has 0 aliphatic carbocycles. The maximum atomic E-state index is 11.9. The maximum absolute atomic E-state index is 11.9. The van der Waals surface area contributed by atoms with E-state index in [2.05, 4.69) is 15.0 Å². The molecule has 0 radical (unpaired) electrons. The first-order valence-corrected chi connectivity index (χ1v) is 6.48. The number of nitrogens with two attached hydrogens (primary N) is 1. The number of hydrogen-bond donors (Lipinski definition) is 4. The number of carbonyl (C=O) groups excluding carboxylic acids is 1. The van der Waals surface area contributed by atoms with Gasteiger partial charge in [-0.15, -0.1) is 0 Å². The molecule has 0 saturated heterocycles. The van der Waals surface area contributed by atoms with Crippen molar-refractivity contribution in [2.45, 2.75) is 19.0 Å². The quantitative estimate of drug-likeness (QED) is 0.585. The molecule has 1 aromatic heterocycles. The van der Waals surface area contributed by atoms with Crippen molar-refractivity contribution < 1.29 is 19.2 Å². The second kappa shape index (κ2) is 6.72. The number of rotatable bonds is 6. The molecule has 8 heteroatoms. The van der Waals surface area contributed by atoms with E-state index in [0.717, 1.165) is 5.56 Å². The van der Waals surface area contributed by atoms with Gasteiger partial charge in [-0.25, -0.2) is 14.7 Å². The summed E-state index contributed by atoms with van der Waals surface area (Å²) >= 11 is 0. The maximum Gasteiger partial charge on any atom is 0.360 e. The van der Waals surface area contributed by atoms with E-state index in [1.54, 1.807) is 12.1 Å². The Morgan fingerprint density at radius 1 is 1.32 bits per heavy atom. The lowest BCUT2D eigenvalue weighted by Crippen LogP contribution is -2.42. The van der Waals surface area contributed by atoms with E-state index < -0.39 is 23.5 Å². The highest BCUT2D eigenvalue weighted by molar-refractivity contribution is 5.87. The average molecular weight is 305 g/mol. The van der Waals surface area contributed by atoms with Gasteiger partial charge in [0.1, 0.15) is 0 Å². The number of aromatic carboxylic acids is 1. The SMILES string of the molecule is N[C@@H](Cc1c[nH]oc1=O)C(=O)NCc1ccc(C(=O)O)cc1. The summed E-state index contributed by atoms with van der Waals surface area (Å²) in [5, 5.41) is 13.7. The number of nitrogens with one attached hydrogen (secondary N) is 2. The van der Waals surface area contributed by atoms with Gasteiger partial charge in [0.2, 0.25) is 5.91 Å². The monoisotopic (exact) mass is 305 g/mol. The zero-order chi connectivity index (χ0) is 16.1. The second-order valence-corrected chi connectivity index (χ2v) is 4.71. The molecule has 8 nitrogen and oxygen atoms in total. The predicted octanol–water partition coefficient (Wildman–Crippen LogP) is -0.148. The number of amides is 1. The molecule has 0 unspecified atom stereocenters. The van der Waals surface area contributed by atoms with Crippen LogP contribution in [0.5, 0.6) is 0 Å². The second-order valence-electron chi connectivity index (χ2n) is 4.71. The van der Waals surface area contributed by atoms with Crippen LogP contribution in [0.2, 0.25) is 0 Å². The molecule has 1 atom stereocenters. The predicted molar refractivity (Wildman–Crippen MR) is 76.3 cm³/mol. The minimum Gasteiger partial charge on any atom is -0.478 e. The molecule has 0 aliphatic heterocycles. The van der Waals surface area contributed by atoms with Crippen LogP contribution in [-0.4, -0.2) is 28.2 Å². The highest BCUT2D eigenvalue weighted by Gasteiger charge is 2.16. The standard InChI is InChI=1S/C14H15N3O5/c15-11(5-10-7-17-22-14(10)21)12(18)16-6-8-1-3-9(4-2-8)13(19)20/h1-4,7,11,17H,5-6,15H2,(H,16,18)(H,19,20)/t11-/m0/s1. The topological polar surface area (TPSA) is 138 Å². The van der Waals surface area contributed by atoms with Gasteiger partial charge in [0.05, 0.1) is 17.2 Å². The molecule has 116 valence electrons. The molecule has 0 spiro atoms. The van der Waals surface area contributed by atoms with Crippen molar-refractivity contribution >= 4 is 11.9 Å². The third-order valence-electron chi connectivity index (χ3n) is 3.09. The summed E-state index contributed by atoms with van der Waals surface area (Å²) in [5.41, 5.74) is 6.39. The van der Waals surface area contributed by atoms with Crippen LogP contribution in [0.1, 0.15) is 21.5 Å². The van der Waals surface area contributed by atoms with Crippen LogP contribution in [0.25, 0.3) is 0 Å². The van der Waals surface area contributed by atoms with Crippen LogP contribution in [-0.2, 0) is 17.8 Å². The van der Waals surface area contributed by atoms with E-state index in [-0.39, 0.29) is 18.5 Å². The Morgan fingerprint density at radius 3 is 2.55 bits per heavy atom. The molecule has 1 amide bonds. The molecule has 2 rings (SSSR count). The van der Waals surface area contributed by atoms with E-state index in [1.807, 2.05) is 0 Å². The van der Waals surface area contributed by atoms with E-state index in [1.165, 1.54) is 18.3 Å². The Labute approximate surface area is 124 Å². The van der Waals surface area contributed by atoms with Crippen LogP contribution in [0, 0.1) is 0 Å². The fourth-order valence-corrected chi connectivity index (χ4v) is 1.84. The first-order chi connectivity index (χ1) is 10.5. The summed E-state index contributed by atoms with van der Waals surface area (Å²) < 4.78 is 4.49. The van der Waals surface area contributed by atoms with Gasteiger partial charge in [0, 0.05) is 19.2 Å². The lowest BCUT2D eigenvalue weighted by molar-refractivity contribution is -0.122. The molecule has 0 saturated carbocycles. The van der Waals surface area contributed by atoms with Crippen molar-refractivity contribution in [2.24, 2.45) is 5.73 Å². The van der Waals surface area contributed by atoms with Crippen molar-refractivity contribution in [2.75, 3.05) is 0 Å². The zero-order valence-electron chi connectivity index (χ0n) is 11.5. The number of carboxylic acids is 1. The first kappa shape index (κ1) is 15.5. The van der Waals surface area contributed by atoms with Gasteiger partial charge < -0.3 is 20.7 Å².